The number of carbonyl (C=O) groups is 2. The third kappa shape index (κ3) is 5.43. The molecule has 0 aliphatic heterocycles. The molecule has 0 saturated heterocycles. The van der Waals surface area contributed by atoms with Crippen LogP contribution < -0.4 is 10.1 Å². The number of aromatic nitrogens is 2. The molecule has 1 unspecified atom stereocenters. The zero-order valence-electron chi connectivity index (χ0n) is 17.3. The van der Waals surface area contributed by atoms with Gasteiger partial charge in [0.2, 0.25) is 5.91 Å². The molecular formula is C21H24N4O3S2. The molecule has 7 nitrogen and oxygen atoms in total. The third-order valence-electron chi connectivity index (χ3n) is 4.24. The van der Waals surface area contributed by atoms with E-state index < -0.39 is 11.6 Å². The summed E-state index contributed by atoms with van der Waals surface area (Å²) >= 11 is 2.63. The molecule has 2 amide bonds. The summed E-state index contributed by atoms with van der Waals surface area (Å²) in [7, 11) is 1.58. The molecule has 2 aromatic heterocycles. The van der Waals surface area contributed by atoms with Gasteiger partial charge in [0.05, 0.1) is 13.7 Å². The fourth-order valence-electron chi connectivity index (χ4n) is 2.95. The van der Waals surface area contributed by atoms with Gasteiger partial charge >= 0.3 is 0 Å². The molecule has 3 aromatic rings. The molecule has 30 heavy (non-hydrogen) atoms. The summed E-state index contributed by atoms with van der Waals surface area (Å²) in [6.45, 7) is 6.01. The average Bonchev–Trinajstić information content (AvgIpc) is 3.40. The quantitative estimate of drug-likeness (QED) is 0.597. The van der Waals surface area contributed by atoms with Crippen molar-refractivity contribution in [2.24, 2.45) is 0 Å². The predicted molar refractivity (Wildman–Crippen MR) is 118 cm³/mol. The minimum Gasteiger partial charge on any atom is -0.497 e. The van der Waals surface area contributed by atoms with E-state index in [0.29, 0.717) is 11.3 Å². The second-order valence-corrected chi connectivity index (χ2v) is 9.36. The molecule has 1 N–H and O–H groups in total. The van der Waals surface area contributed by atoms with Crippen LogP contribution in [0.3, 0.4) is 0 Å². The van der Waals surface area contributed by atoms with Crippen molar-refractivity contribution in [2.45, 2.75) is 38.9 Å². The van der Waals surface area contributed by atoms with E-state index in [1.54, 1.807) is 41.7 Å². The van der Waals surface area contributed by atoms with Crippen LogP contribution in [-0.4, -0.2) is 38.9 Å². The van der Waals surface area contributed by atoms with Crippen molar-refractivity contribution in [3.63, 3.8) is 0 Å². The smallest absolute Gasteiger partial charge is 0.276 e. The van der Waals surface area contributed by atoms with Gasteiger partial charge in [-0.3, -0.25) is 9.59 Å². The van der Waals surface area contributed by atoms with Gasteiger partial charge in [0, 0.05) is 15.8 Å². The molecule has 0 spiro atoms. The van der Waals surface area contributed by atoms with Gasteiger partial charge < -0.3 is 15.0 Å². The summed E-state index contributed by atoms with van der Waals surface area (Å²) in [5.74, 6) is 0.0661. The van der Waals surface area contributed by atoms with E-state index in [-0.39, 0.29) is 24.1 Å². The summed E-state index contributed by atoms with van der Waals surface area (Å²) in [6, 6.07) is 10.2. The largest absolute Gasteiger partial charge is 0.497 e. The Labute approximate surface area is 183 Å². The Hall–Kier alpha value is -2.78. The highest BCUT2D eigenvalue weighted by molar-refractivity contribution is 7.09. The van der Waals surface area contributed by atoms with E-state index in [1.165, 1.54) is 11.3 Å². The highest BCUT2D eigenvalue weighted by atomic mass is 32.1. The van der Waals surface area contributed by atoms with E-state index in [2.05, 4.69) is 14.9 Å². The Kier molecular flexibility index (Phi) is 6.84. The molecule has 0 aliphatic rings. The highest BCUT2D eigenvalue weighted by Crippen LogP contribution is 2.28. The Bertz CT molecular complexity index is 965. The lowest BCUT2D eigenvalue weighted by Crippen LogP contribution is -2.49. The van der Waals surface area contributed by atoms with Crippen LogP contribution in [0.15, 0.2) is 47.2 Å². The molecule has 0 aliphatic carbocycles. The molecule has 9 heteroatoms. The van der Waals surface area contributed by atoms with E-state index in [1.807, 2.05) is 38.3 Å². The van der Waals surface area contributed by atoms with Gasteiger partial charge in [-0.25, -0.2) is 0 Å². The van der Waals surface area contributed by atoms with Crippen LogP contribution in [0.25, 0.3) is 0 Å². The van der Waals surface area contributed by atoms with Gasteiger partial charge in [-0.1, -0.05) is 22.7 Å². The van der Waals surface area contributed by atoms with Gasteiger partial charge in [-0.2, -0.15) is 0 Å². The first kappa shape index (κ1) is 21.9. The number of amides is 2. The number of methoxy groups -OCH3 is 1. The van der Waals surface area contributed by atoms with Crippen LogP contribution in [0, 0.1) is 0 Å². The number of nitrogens with zero attached hydrogens (tertiary/aromatic N) is 3. The van der Waals surface area contributed by atoms with E-state index in [0.717, 1.165) is 16.4 Å². The summed E-state index contributed by atoms with van der Waals surface area (Å²) in [6.07, 6.45) is 0. The molecule has 0 radical (unpaired) electrons. The molecule has 0 fully saturated rings. The number of carbonyl (C=O) groups excluding carboxylic acids is 2. The van der Waals surface area contributed by atoms with Gasteiger partial charge in [0.15, 0.2) is 5.69 Å². The third-order valence-corrected chi connectivity index (χ3v) is 5.60. The van der Waals surface area contributed by atoms with Gasteiger partial charge in [0.1, 0.15) is 11.8 Å². The lowest BCUT2D eigenvalue weighted by molar-refractivity contribution is -0.127. The first-order valence-electron chi connectivity index (χ1n) is 9.35. The maximum atomic E-state index is 13.4. The number of ether oxygens (including phenoxy) is 1. The Morgan fingerprint density at radius 2 is 1.93 bits per heavy atom. The highest BCUT2D eigenvalue weighted by Gasteiger charge is 2.35. The Morgan fingerprint density at radius 3 is 2.47 bits per heavy atom. The number of benzene rings is 1. The SMILES string of the molecule is COc1ccc(C(C(=O)NC(C)(C)C)N(Cc2cccs2)C(=O)c2csnn2)cc1. The lowest BCUT2D eigenvalue weighted by Gasteiger charge is -2.33. The Balaban J connectivity index is 2.06. The maximum Gasteiger partial charge on any atom is 0.276 e. The first-order valence-corrected chi connectivity index (χ1v) is 11.1. The van der Waals surface area contributed by atoms with E-state index >= 15 is 0 Å². The fourth-order valence-corrected chi connectivity index (χ4v) is 4.09. The Morgan fingerprint density at radius 1 is 1.20 bits per heavy atom. The second kappa shape index (κ2) is 9.36. The number of hydrogen-bond acceptors (Lipinski definition) is 7. The van der Waals surface area contributed by atoms with Crippen LogP contribution >= 0.6 is 22.9 Å². The van der Waals surface area contributed by atoms with Gasteiger partial charge in [-0.15, -0.1) is 16.4 Å². The zero-order chi connectivity index (χ0) is 21.7. The molecule has 0 bridgehead atoms. The predicted octanol–water partition coefficient (Wildman–Crippen LogP) is 3.91. The average molecular weight is 445 g/mol. The standard InChI is InChI=1S/C21H24N4O3S2/c1-21(2,3)22-19(26)18(14-7-9-15(28-4)10-8-14)25(12-16-6-5-11-29-16)20(27)17-13-30-24-23-17/h5-11,13,18H,12H2,1-4H3,(H,22,26). The molecular weight excluding hydrogens is 420 g/mol. The number of hydrogen-bond donors (Lipinski definition) is 1. The molecule has 1 aromatic carbocycles. The van der Waals surface area contributed by atoms with Crippen molar-refractivity contribution in [2.75, 3.05) is 7.11 Å². The normalized spacial score (nSPS) is 12.3. The molecule has 3 rings (SSSR count). The van der Waals surface area contributed by atoms with Crippen LogP contribution in [0.2, 0.25) is 0 Å². The summed E-state index contributed by atoms with van der Waals surface area (Å²) in [5.41, 5.74) is 0.450. The number of nitrogens with one attached hydrogen (secondary N) is 1. The van der Waals surface area contributed by atoms with Crippen LogP contribution in [0.4, 0.5) is 0 Å². The van der Waals surface area contributed by atoms with Crippen molar-refractivity contribution in [3.05, 3.63) is 63.3 Å². The van der Waals surface area contributed by atoms with Crippen LogP contribution in [-0.2, 0) is 11.3 Å². The molecule has 0 saturated carbocycles. The van der Waals surface area contributed by atoms with Crippen LogP contribution in [0.1, 0.15) is 47.7 Å². The maximum absolute atomic E-state index is 13.4. The summed E-state index contributed by atoms with van der Waals surface area (Å²) in [5, 5.41) is 10.5. The molecule has 158 valence electrons. The minimum absolute atomic E-state index is 0.221. The fraction of sp³-hybridized carbons (Fsp3) is 0.333. The summed E-state index contributed by atoms with van der Waals surface area (Å²) < 4.78 is 9.06. The topological polar surface area (TPSA) is 84.4 Å². The van der Waals surface area contributed by atoms with E-state index in [9.17, 15) is 9.59 Å². The van der Waals surface area contributed by atoms with Gasteiger partial charge in [-0.05, 0) is 61.4 Å². The van der Waals surface area contributed by atoms with Crippen molar-refractivity contribution < 1.29 is 14.3 Å². The molecule has 2 heterocycles. The monoisotopic (exact) mass is 444 g/mol. The van der Waals surface area contributed by atoms with Crippen molar-refractivity contribution >= 4 is 34.7 Å². The zero-order valence-corrected chi connectivity index (χ0v) is 18.9. The van der Waals surface area contributed by atoms with E-state index in [4.69, 9.17) is 4.74 Å². The number of thiophene rings is 1. The summed E-state index contributed by atoms with van der Waals surface area (Å²) in [4.78, 5) is 29.3. The van der Waals surface area contributed by atoms with Gasteiger partial charge in [0.25, 0.3) is 5.91 Å². The van der Waals surface area contributed by atoms with Crippen LogP contribution in [0.5, 0.6) is 5.75 Å². The second-order valence-electron chi connectivity index (χ2n) is 7.72. The van der Waals surface area contributed by atoms with Crippen molar-refractivity contribution in [1.29, 1.82) is 0 Å². The van der Waals surface area contributed by atoms with Crippen molar-refractivity contribution in [1.82, 2.24) is 19.8 Å². The minimum atomic E-state index is -0.841. The lowest BCUT2D eigenvalue weighted by atomic mass is 10.0. The number of rotatable bonds is 7. The molecule has 1 atom stereocenters. The van der Waals surface area contributed by atoms with Crippen molar-refractivity contribution in [3.8, 4) is 5.75 Å². The first-order chi connectivity index (χ1) is 14.3.